The molecule has 138 valence electrons. The van der Waals surface area contributed by atoms with Crippen molar-refractivity contribution in [3.05, 3.63) is 71.9 Å². The molecule has 0 unspecified atom stereocenters. The van der Waals surface area contributed by atoms with Crippen LogP contribution in [-0.2, 0) is 11.3 Å². The fraction of sp³-hybridized carbons (Fsp3) is 0.150. The van der Waals surface area contributed by atoms with Crippen molar-refractivity contribution in [3.8, 4) is 17.4 Å². The predicted octanol–water partition coefficient (Wildman–Crippen LogP) is 1.71. The molecule has 0 aliphatic rings. The highest BCUT2D eigenvalue weighted by atomic mass is 16.6. The normalized spacial score (nSPS) is 10.9. The quantitative estimate of drug-likeness (QED) is 0.491. The van der Waals surface area contributed by atoms with Crippen LogP contribution in [0.5, 0.6) is 11.7 Å². The maximum atomic E-state index is 12.3. The Bertz CT molecular complexity index is 934. The number of likely N-dealkylation sites (N-methyl/N-ethyl adjacent to an activating group) is 1. The van der Waals surface area contributed by atoms with Gasteiger partial charge in [0.2, 0.25) is 11.6 Å². The number of hydrogen-bond donors (Lipinski definition) is 0. The molecule has 0 saturated heterocycles. The molecule has 2 aromatic carbocycles. The smallest absolute Gasteiger partial charge is 0.259 e. The van der Waals surface area contributed by atoms with Crippen molar-refractivity contribution < 1.29 is 23.8 Å². The van der Waals surface area contributed by atoms with Crippen molar-refractivity contribution in [2.45, 2.75) is 6.54 Å². The summed E-state index contributed by atoms with van der Waals surface area (Å²) in [5, 5.41) is 15.8. The van der Waals surface area contributed by atoms with E-state index in [0.29, 0.717) is 11.4 Å². The number of benzene rings is 2. The summed E-state index contributed by atoms with van der Waals surface area (Å²) in [7, 11) is 3.19. The monoisotopic (exact) mass is 365 g/mol. The predicted molar refractivity (Wildman–Crippen MR) is 96.0 cm³/mol. The molecule has 0 N–H and O–H groups in total. The molecule has 0 bridgehead atoms. The van der Waals surface area contributed by atoms with Gasteiger partial charge in [-0.15, -0.1) is 0 Å². The average molecular weight is 365 g/mol. The van der Waals surface area contributed by atoms with Gasteiger partial charge in [0.1, 0.15) is 12.3 Å². The molecule has 0 saturated carbocycles. The Hall–Kier alpha value is -3.61. The van der Waals surface area contributed by atoms with Crippen LogP contribution in [0.4, 0.5) is 0 Å². The topological polar surface area (TPSA) is 82.5 Å². The highest BCUT2D eigenvalue weighted by molar-refractivity contribution is 5.91. The second-order valence-corrected chi connectivity index (χ2v) is 5.86. The third kappa shape index (κ3) is 4.33. The molecule has 0 fully saturated rings. The van der Waals surface area contributed by atoms with Gasteiger partial charge in [0.25, 0.3) is 5.69 Å². The number of nitrogens with zero attached hydrogens (tertiary/aromatic N) is 3. The average Bonchev–Trinajstić information content (AvgIpc) is 3.07. The fourth-order valence-corrected chi connectivity index (χ4v) is 2.49. The summed E-state index contributed by atoms with van der Waals surface area (Å²) in [5.74, 6) is -0.136. The summed E-state index contributed by atoms with van der Waals surface area (Å²) in [6.45, 7) is 0.0618. The summed E-state index contributed by atoms with van der Waals surface area (Å²) in [6, 6.07) is 16.5. The largest absolute Gasteiger partial charge is 0.539 e. The van der Waals surface area contributed by atoms with Gasteiger partial charge in [-0.25, -0.2) is 0 Å². The minimum atomic E-state index is -0.586. The number of amides is 1. The van der Waals surface area contributed by atoms with Gasteiger partial charge in [0.15, 0.2) is 5.95 Å². The molecule has 1 amide bonds. The van der Waals surface area contributed by atoms with E-state index in [4.69, 9.17) is 9.26 Å². The van der Waals surface area contributed by atoms with Crippen LogP contribution < -0.4 is 14.5 Å². The van der Waals surface area contributed by atoms with Gasteiger partial charge < -0.3 is 19.3 Å². The summed E-state index contributed by atoms with van der Waals surface area (Å²) < 4.78 is 11.3. The van der Waals surface area contributed by atoms with Crippen molar-refractivity contribution in [1.29, 1.82) is 0 Å². The van der Waals surface area contributed by atoms with E-state index < -0.39 is 5.95 Å². The van der Waals surface area contributed by atoms with Gasteiger partial charge in [-0.2, -0.15) is 0 Å². The minimum absolute atomic E-state index is 0.0618. The summed E-state index contributed by atoms with van der Waals surface area (Å²) >= 11 is 0. The standard InChI is InChI=1S/C20H19N3O4/c1-22(19(24)13-8-15-6-4-3-5-7-15)14-18-20(25)27-21-23(18)16-9-11-17(26-2)12-10-16/h3-13H,14H2,1-2H3/b13-8+. The summed E-state index contributed by atoms with van der Waals surface area (Å²) in [6.07, 6.45) is 3.19. The molecular weight excluding hydrogens is 346 g/mol. The molecule has 1 aromatic heterocycles. The first-order chi connectivity index (χ1) is 13.1. The van der Waals surface area contributed by atoms with Crippen LogP contribution >= 0.6 is 0 Å². The molecule has 7 nitrogen and oxygen atoms in total. The molecule has 3 rings (SSSR count). The molecule has 27 heavy (non-hydrogen) atoms. The van der Waals surface area contributed by atoms with Crippen molar-refractivity contribution in [2.75, 3.05) is 14.2 Å². The number of methoxy groups -OCH3 is 1. The van der Waals surface area contributed by atoms with Gasteiger partial charge in [0, 0.05) is 25.3 Å². The Labute approximate surface area is 156 Å². The molecule has 0 aliphatic carbocycles. The lowest BCUT2D eigenvalue weighted by atomic mass is 10.2. The number of rotatable bonds is 6. The van der Waals surface area contributed by atoms with Crippen LogP contribution in [-0.4, -0.2) is 30.2 Å². The van der Waals surface area contributed by atoms with Crippen LogP contribution in [0.15, 0.2) is 65.2 Å². The number of carbonyl (C=O) groups excluding carboxylic acids is 1. The van der Waals surface area contributed by atoms with E-state index in [1.165, 1.54) is 15.7 Å². The van der Waals surface area contributed by atoms with E-state index in [1.807, 2.05) is 30.3 Å². The second kappa shape index (κ2) is 8.18. The van der Waals surface area contributed by atoms with Crippen LogP contribution in [0.3, 0.4) is 0 Å². The first-order valence-electron chi connectivity index (χ1n) is 8.29. The lowest BCUT2D eigenvalue weighted by Crippen LogP contribution is -2.40. The van der Waals surface area contributed by atoms with Crippen molar-refractivity contribution in [1.82, 2.24) is 10.2 Å². The van der Waals surface area contributed by atoms with Crippen LogP contribution in [0, 0.1) is 0 Å². The zero-order chi connectivity index (χ0) is 19.2. The van der Waals surface area contributed by atoms with Gasteiger partial charge in [-0.3, -0.25) is 4.79 Å². The lowest BCUT2D eigenvalue weighted by Gasteiger charge is -2.12. The molecule has 7 heteroatoms. The lowest BCUT2D eigenvalue weighted by molar-refractivity contribution is -0.678. The first kappa shape index (κ1) is 18.2. The van der Waals surface area contributed by atoms with E-state index in [0.717, 1.165) is 5.56 Å². The van der Waals surface area contributed by atoms with Crippen molar-refractivity contribution in [3.63, 3.8) is 0 Å². The van der Waals surface area contributed by atoms with Gasteiger partial charge in [-0.05, 0) is 28.5 Å². The Morgan fingerprint density at radius 3 is 2.59 bits per heavy atom. The molecule has 0 aliphatic heterocycles. The van der Waals surface area contributed by atoms with Crippen LogP contribution in [0.2, 0.25) is 0 Å². The molecule has 0 atom stereocenters. The van der Waals surface area contributed by atoms with E-state index >= 15 is 0 Å². The Morgan fingerprint density at radius 2 is 1.93 bits per heavy atom. The molecule has 0 radical (unpaired) electrons. The molecule has 1 heterocycles. The van der Waals surface area contributed by atoms with Crippen molar-refractivity contribution >= 4 is 12.0 Å². The summed E-state index contributed by atoms with van der Waals surface area (Å²) in [4.78, 5) is 13.8. The SMILES string of the molecule is COc1ccc(-[n+]2noc([O-])c2CN(C)C(=O)/C=C/c2ccccc2)cc1. The van der Waals surface area contributed by atoms with E-state index in [-0.39, 0.29) is 18.1 Å². The maximum Gasteiger partial charge on any atom is 0.259 e. The van der Waals surface area contributed by atoms with Gasteiger partial charge in [0.05, 0.1) is 12.4 Å². The number of aromatic nitrogens is 2. The Morgan fingerprint density at radius 1 is 1.22 bits per heavy atom. The number of carbonyl (C=O) groups is 1. The fourth-order valence-electron chi connectivity index (χ4n) is 2.49. The second-order valence-electron chi connectivity index (χ2n) is 5.86. The third-order valence-electron chi connectivity index (χ3n) is 3.99. The number of ether oxygens (including phenoxy) is 1. The van der Waals surface area contributed by atoms with E-state index in [9.17, 15) is 9.90 Å². The number of hydrogen-bond acceptors (Lipinski definition) is 5. The highest BCUT2D eigenvalue weighted by Gasteiger charge is 2.23. The van der Waals surface area contributed by atoms with Crippen molar-refractivity contribution in [2.24, 2.45) is 0 Å². The van der Waals surface area contributed by atoms with Gasteiger partial charge in [-0.1, -0.05) is 30.3 Å². The zero-order valence-electron chi connectivity index (χ0n) is 15.0. The molecule has 0 spiro atoms. The van der Waals surface area contributed by atoms with Crippen LogP contribution in [0.1, 0.15) is 11.3 Å². The van der Waals surface area contributed by atoms with E-state index in [1.54, 1.807) is 44.5 Å². The van der Waals surface area contributed by atoms with E-state index in [2.05, 4.69) is 5.27 Å². The molecular formula is C20H19N3O4. The van der Waals surface area contributed by atoms with Gasteiger partial charge >= 0.3 is 0 Å². The highest BCUT2D eigenvalue weighted by Crippen LogP contribution is 2.15. The minimum Gasteiger partial charge on any atom is -0.539 e. The molecule has 3 aromatic rings. The zero-order valence-corrected chi connectivity index (χ0v) is 15.0. The third-order valence-corrected chi connectivity index (χ3v) is 3.99. The Kier molecular flexibility index (Phi) is 5.51. The maximum absolute atomic E-state index is 12.3. The van der Waals surface area contributed by atoms with Crippen LogP contribution in [0.25, 0.3) is 11.8 Å². The summed E-state index contributed by atoms with van der Waals surface area (Å²) in [5.41, 5.74) is 1.81. The Balaban J connectivity index is 1.75. The first-order valence-corrected chi connectivity index (χ1v) is 8.29.